The Morgan fingerprint density at radius 1 is 1.20 bits per heavy atom. The van der Waals surface area contributed by atoms with Gasteiger partial charge >= 0.3 is 6.30 Å². The Hall–Kier alpha value is -4.52. The minimum absolute atomic E-state index is 0.0906. The number of carbonyl (C=O) groups excluding carboxylic acids is 1. The Morgan fingerprint density at radius 3 is 2.83 bits per heavy atom. The smallest absolute Gasteiger partial charge is 0.398 e. The summed E-state index contributed by atoms with van der Waals surface area (Å²) in [6.07, 6.45) is 1.13. The van der Waals surface area contributed by atoms with Crippen molar-refractivity contribution < 1.29 is 27.1 Å². The summed E-state index contributed by atoms with van der Waals surface area (Å²) in [7, 11) is 0. The van der Waals surface area contributed by atoms with E-state index >= 15 is 4.39 Å². The Bertz CT molecular complexity index is 1710. The first kappa shape index (κ1) is 25.7. The van der Waals surface area contributed by atoms with Gasteiger partial charge in [-0.2, -0.15) is 4.99 Å². The molecule has 40 heavy (non-hydrogen) atoms. The number of halogens is 4. The average Bonchev–Trinajstić information content (AvgIpc) is 3.42. The second-order valence-electron chi connectivity index (χ2n) is 9.68. The molecule has 2 aliphatic heterocycles. The second kappa shape index (κ2) is 9.59. The summed E-state index contributed by atoms with van der Waals surface area (Å²) >= 11 is 0. The molecule has 1 amide bonds. The lowest BCUT2D eigenvalue weighted by molar-refractivity contribution is -0.118. The van der Waals surface area contributed by atoms with Gasteiger partial charge in [-0.1, -0.05) is 12.1 Å². The standard InChI is InChI=1S/C27H23F4N7O2/c28-18-10-20-21(38-13-34-11-22(38)25(33)36-20)9-17(18)26(39)37-7-1-2-23-24(37)16-4-3-14(8-15(16)12-40-23)19(32)5-6-35-27(29,30)31/h3-6,8-11,13,23-24H,1-2,7,12,32H2,(H2,33,36)/b19-5-,35-6+/t23-,24-/m0/s1. The predicted molar refractivity (Wildman–Crippen MR) is 140 cm³/mol. The van der Waals surface area contributed by atoms with Crippen LogP contribution >= 0.6 is 0 Å². The molecule has 0 spiro atoms. The highest BCUT2D eigenvalue weighted by Crippen LogP contribution is 2.41. The maximum absolute atomic E-state index is 15.3. The van der Waals surface area contributed by atoms with Crippen LogP contribution in [0.3, 0.4) is 0 Å². The zero-order valence-electron chi connectivity index (χ0n) is 20.9. The summed E-state index contributed by atoms with van der Waals surface area (Å²) in [6, 6.07) is 7.35. The normalized spacial score (nSPS) is 19.8. The SMILES string of the molecule is N/C(=C\C=N\C(F)(F)F)c1ccc2c(c1)CO[C@H]1CCCN(C(=O)c3cc4c(cc3F)nc(N)c3cncn34)[C@@H]21. The van der Waals surface area contributed by atoms with E-state index in [4.69, 9.17) is 16.2 Å². The van der Waals surface area contributed by atoms with Gasteiger partial charge < -0.3 is 21.1 Å². The number of benzene rings is 2. The molecule has 6 rings (SSSR count). The molecule has 4 N–H and O–H groups in total. The van der Waals surface area contributed by atoms with Crippen LogP contribution in [0, 0.1) is 5.82 Å². The number of nitrogen functional groups attached to an aromatic ring is 1. The van der Waals surface area contributed by atoms with Crippen LogP contribution in [0.4, 0.5) is 23.4 Å². The third-order valence-corrected chi connectivity index (χ3v) is 7.26. The molecule has 1 fully saturated rings. The van der Waals surface area contributed by atoms with E-state index in [1.54, 1.807) is 27.5 Å². The van der Waals surface area contributed by atoms with Gasteiger partial charge in [0.25, 0.3) is 5.91 Å². The first-order chi connectivity index (χ1) is 19.1. The number of imidazole rings is 1. The van der Waals surface area contributed by atoms with Gasteiger partial charge in [0.2, 0.25) is 0 Å². The summed E-state index contributed by atoms with van der Waals surface area (Å²) < 4.78 is 60.1. The van der Waals surface area contributed by atoms with Crippen molar-refractivity contribution in [2.75, 3.05) is 12.3 Å². The number of piperidine rings is 1. The fourth-order valence-corrected chi connectivity index (χ4v) is 5.44. The number of alkyl halides is 3. The molecule has 13 heteroatoms. The first-order valence-corrected chi connectivity index (χ1v) is 12.4. The van der Waals surface area contributed by atoms with Crippen LogP contribution in [0.2, 0.25) is 0 Å². The number of carbonyl (C=O) groups is 1. The van der Waals surface area contributed by atoms with E-state index in [0.717, 1.165) is 17.2 Å². The number of nitrogens with zero attached hydrogens (tertiary/aromatic N) is 5. The van der Waals surface area contributed by atoms with E-state index in [2.05, 4.69) is 15.0 Å². The van der Waals surface area contributed by atoms with Crippen molar-refractivity contribution in [1.82, 2.24) is 19.3 Å². The molecule has 0 aliphatic carbocycles. The highest BCUT2D eigenvalue weighted by Gasteiger charge is 2.41. The van der Waals surface area contributed by atoms with Crippen molar-refractivity contribution in [3.63, 3.8) is 0 Å². The fraction of sp³-hybridized carbons (Fsp3) is 0.259. The minimum atomic E-state index is -4.69. The summed E-state index contributed by atoms with van der Waals surface area (Å²) in [5.74, 6) is -1.03. The van der Waals surface area contributed by atoms with Gasteiger partial charge in [-0.05, 0) is 47.7 Å². The second-order valence-corrected chi connectivity index (χ2v) is 9.68. The van der Waals surface area contributed by atoms with Crippen molar-refractivity contribution >= 4 is 40.2 Å². The number of allylic oxidation sites excluding steroid dienone is 1. The van der Waals surface area contributed by atoms with Crippen molar-refractivity contribution in [3.05, 3.63) is 77.0 Å². The quantitative estimate of drug-likeness (QED) is 0.221. The molecule has 2 aromatic heterocycles. The van der Waals surface area contributed by atoms with Crippen LogP contribution in [0.25, 0.3) is 22.2 Å². The molecular formula is C27H23F4N7O2. The lowest BCUT2D eigenvalue weighted by atomic mass is 9.86. The largest absolute Gasteiger partial charge is 0.503 e. The van der Waals surface area contributed by atoms with E-state index in [9.17, 15) is 18.0 Å². The maximum Gasteiger partial charge on any atom is 0.503 e. The van der Waals surface area contributed by atoms with Crippen molar-refractivity contribution in [2.24, 2.45) is 10.7 Å². The van der Waals surface area contributed by atoms with Gasteiger partial charge in [0.1, 0.15) is 17.2 Å². The number of aliphatic imine (C=N–C) groups is 1. The zero-order valence-corrected chi connectivity index (χ0v) is 20.9. The molecule has 1 saturated heterocycles. The topological polar surface area (TPSA) is 124 Å². The monoisotopic (exact) mass is 553 g/mol. The molecular weight excluding hydrogens is 530 g/mol. The number of hydrogen-bond donors (Lipinski definition) is 2. The van der Waals surface area contributed by atoms with Crippen molar-refractivity contribution in [3.8, 4) is 0 Å². The van der Waals surface area contributed by atoms with Crippen LogP contribution in [0.15, 0.2) is 53.9 Å². The van der Waals surface area contributed by atoms with Gasteiger partial charge in [0, 0.05) is 24.5 Å². The molecule has 0 radical (unpaired) electrons. The number of aromatic nitrogens is 3. The average molecular weight is 554 g/mol. The summed E-state index contributed by atoms with van der Waals surface area (Å²) in [5.41, 5.74) is 15.3. The Kier molecular flexibility index (Phi) is 6.17. The van der Waals surface area contributed by atoms with Crippen LogP contribution < -0.4 is 11.5 Å². The third-order valence-electron chi connectivity index (χ3n) is 7.26. The van der Waals surface area contributed by atoms with Crippen LogP contribution in [0.1, 0.15) is 45.9 Å². The molecule has 4 heterocycles. The number of hydrogen-bond acceptors (Lipinski definition) is 7. The number of fused-ring (bicyclic) bond motifs is 6. The highest BCUT2D eigenvalue weighted by atomic mass is 19.4. The molecule has 2 atom stereocenters. The summed E-state index contributed by atoms with van der Waals surface area (Å²) in [4.78, 5) is 26.3. The Balaban J connectivity index is 1.36. The lowest BCUT2D eigenvalue weighted by Gasteiger charge is -2.44. The molecule has 9 nitrogen and oxygen atoms in total. The molecule has 2 aliphatic rings. The number of ether oxygens (including phenoxy) is 1. The molecule has 0 unspecified atom stereocenters. The van der Waals surface area contributed by atoms with Gasteiger partial charge in [0.15, 0.2) is 0 Å². The predicted octanol–water partition coefficient (Wildman–Crippen LogP) is 4.37. The Morgan fingerprint density at radius 2 is 2.02 bits per heavy atom. The van der Waals surface area contributed by atoms with Crippen LogP contribution in [0.5, 0.6) is 0 Å². The molecule has 206 valence electrons. The molecule has 0 bridgehead atoms. The van der Waals surface area contributed by atoms with Gasteiger partial charge in [0.05, 0.1) is 47.9 Å². The molecule has 4 aromatic rings. The minimum Gasteiger partial charge on any atom is -0.398 e. The van der Waals surface area contributed by atoms with E-state index in [1.165, 1.54) is 24.7 Å². The molecule has 2 aromatic carbocycles. The number of anilines is 1. The number of rotatable bonds is 3. The third kappa shape index (κ3) is 4.51. The van der Waals surface area contributed by atoms with Gasteiger partial charge in [-0.15, -0.1) is 13.2 Å². The number of amides is 1. The van der Waals surface area contributed by atoms with E-state index < -0.39 is 24.1 Å². The highest BCUT2D eigenvalue weighted by molar-refractivity contribution is 5.99. The molecule has 0 saturated carbocycles. The van der Waals surface area contributed by atoms with Gasteiger partial charge in [-0.3, -0.25) is 9.20 Å². The summed E-state index contributed by atoms with van der Waals surface area (Å²) in [6.45, 7) is 0.630. The number of likely N-dealkylation sites (tertiary alicyclic amines) is 1. The number of nitrogens with two attached hydrogens (primary N) is 2. The van der Waals surface area contributed by atoms with Crippen LogP contribution in [-0.4, -0.2) is 50.3 Å². The van der Waals surface area contributed by atoms with E-state index in [-0.39, 0.29) is 29.8 Å². The van der Waals surface area contributed by atoms with Crippen molar-refractivity contribution in [2.45, 2.75) is 37.9 Å². The maximum atomic E-state index is 15.3. The lowest BCUT2D eigenvalue weighted by Crippen LogP contribution is -2.48. The van der Waals surface area contributed by atoms with E-state index in [0.29, 0.717) is 47.7 Å². The van der Waals surface area contributed by atoms with Crippen LogP contribution in [-0.2, 0) is 11.3 Å². The van der Waals surface area contributed by atoms with Crippen molar-refractivity contribution in [1.29, 1.82) is 0 Å². The zero-order chi connectivity index (χ0) is 28.2. The Labute approximate surface area is 224 Å². The fourth-order valence-electron chi connectivity index (χ4n) is 5.44. The summed E-state index contributed by atoms with van der Waals surface area (Å²) in [5, 5.41) is 0. The van der Waals surface area contributed by atoms with E-state index in [1.807, 2.05) is 0 Å². The van der Waals surface area contributed by atoms with Gasteiger partial charge in [-0.25, -0.2) is 14.4 Å². The first-order valence-electron chi connectivity index (χ1n) is 12.4.